The number of unbranched alkanes of at least 4 members (excludes halogenated alkanes) is 6. The molecular formula is C16H32KLiO4. The van der Waals surface area contributed by atoms with Gasteiger partial charge in [-0.05, 0) is 11.8 Å². The zero-order chi connectivity index (χ0) is 15.8. The average Bonchev–Trinajstić information content (AvgIpc) is 2.30. The Balaban J connectivity index is -0.000000301. The van der Waals surface area contributed by atoms with E-state index < -0.39 is 22.8 Å². The molecule has 0 amide bonds. The first kappa shape index (κ1) is 28.0. The van der Waals surface area contributed by atoms with Gasteiger partial charge in [0.05, 0.1) is 0 Å². The van der Waals surface area contributed by atoms with Gasteiger partial charge in [-0.25, -0.2) is 0 Å². The van der Waals surface area contributed by atoms with Crippen molar-refractivity contribution in [2.75, 3.05) is 0 Å². The Bertz CT molecular complexity index is 323. The van der Waals surface area contributed by atoms with E-state index in [9.17, 15) is 19.8 Å². The van der Waals surface area contributed by atoms with Crippen LogP contribution in [0.2, 0.25) is 0 Å². The Labute approximate surface area is 192 Å². The summed E-state index contributed by atoms with van der Waals surface area (Å²) in [5.41, 5.74) is -2.48. The van der Waals surface area contributed by atoms with Crippen LogP contribution >= 0.6 is 0 Å². The summed E-state index contributed by atoms with van der Waals surface area (Å²) < 4.78 is 0. The number of carboxylic acids is 2. The molecule has 0 fully saturated rings. The van der Waals surface area contributed by atoms with E-state index in [4.69, 9.17) is 0 Å². The summed E-state index contributed by atoms with van der Waals surface area (Å²) in [6.45, 7) is 7.24. The monoisotopic (exact) mass is 334 g/mol. The predicted molar refractivity (Wildman–Crippen MR) is 82.0 cm³/mol. The first-order chi connectivity index (χ1) is 9.20. The van der Waals surface area contributed by atoms with Crippen molar-refractivity contribution in [2.45, 2.75) is 79.1 Å². The molecule has 0 spiro atoms. The number of carboxylic acid groups (broad SMARTS) is 2. The van der Waals surface area contributed by atoms with Gasteiger partial charge < -0.3 is 13.1 Å². The van der Waals surface area contributed by atoms with Crippen LogP contribution in [0, 0.1) is 10.8 Å². The van der Waals surface area contributed by atoms with E-state index in [1.807, 2.05) is 0 Å². The third-order valence-corrected chi connectivity index (χ3v) is 4.17. The number of carbonyl (C=O) groups is 2. The van der Waals surface area contributed by atoms with Gasteiger partial charge in [-0.15, -0.1) is 0 Å². The third-order valence-electron chi connectivity index (χ3n) is 4.17. The number of hydrogen-bond acceptors (Lipinski definition) is 2. The Morgan fingerprint density at radius 3 is 1.55 bits per heavy atom. The van der Waals surface area contributed by atoms with Gasteiger partial charge in [0.15, 0.2) is 5.41 Å². The molecule has 0 heterocycles. The third kappa shape index (κ3) is 8.32. The molecule has 0 bridgehead atoms. The van der Waals surface area contributed by atoms with E-state index in [1.54, 1.807) is 20.8 Å². The molecule has 4 nitrogen and oxygen atoms in total. The van der Waals surface area contributed by atoms with Crippen LogP contribution in [0.1, 0.15) is 81.9 Å². The SMILES string of the molecule is CCCCCCCCCC(C(=O)O)(C(=O)O)C(C)(C)C.[H-].[H-].[K+].[Li+]. The van der Waals surface area contributed by atoms with Crippen LogP contribution in [-0.2, 0) is 9.59 Å². The van der Waals surface area contributed by atoms with Crippen LogP contribution in [0.3, 0.4) is 0 Å². The summed E-state index contributed by atoms with van der Waals surface area (Å²) in [7, 11) is 0. The molecule has 0 aromatic heterocycles. The van der Waals surface area contributed by atoms with E-state index in [1.165, 1.54) is 19.3 Å². The Morgan fingerprint density at radius 2 is 1.23 bits per heavy atom. The number of rotatable bonds is 10. The molecule has 0 unspecified atom stereocenters. The zero-order valence-corrected chi connectivity index (χ0v) is 18.5. The molecule has 0 saturated carbocycles. The van der Waals surface area contributed by atoms with Gasteiger partial charge in [-0.3, -0.25) is 9.59 Å². The predicted octanol–water partition coefficient (Wildman–Crippen LogP) is -1.44. The van der Waals surface area contributed by atoms with Crippen molar-refractivity contribution in [3.8, 4) is 0 Å². The minimum atomic E-state index is -1.68. The fourth-order valence-corrected chi connectivity index (χ4v) is 2.67. The van der Waals surface area contributed by atoms with Gasteiger partial charge >= 0.3 is 82.2 Å². The van der Waals surface area contributed by atoms with Gasteiger partial charge in [0.1, 0.15) is 0 Å². The topological polar surface area (TPSA) is 74.6 Å². The number of aliphatic carboxylic acids is 2. The second-order valence-corrected chi connectivity index (χ2v) is 6.64. The molecule has 22 heavy (non-hydrogen) atoms. The summed E-state index contributed by atoms with van der Waals surface area (Å²) in [6.07, 6.45) is 7.61. The van der Waals surface area contributed by atoms with Crippen molar-refractivity contribution in [1.29, 1.82) is 0 Å². The van der Waals surface area contributed by atoms with Crippen LogP contribution in [0.5, 0.6) is 0 Å². The fraction of sp³-hybridized carbons (Fsp3) is 0.875. The first-order valence-corrected chi connectivity index (χ1v) is 7.67. The Hall–Kier alpha value is 1.17. The molecule has 0 aliphatic rings. The van der Waals surface area contributed by atoms with Crippen molar-refractivity contribution in [3.05, 3.63) is 0 Å². The van der Waals surface area contributed by atoms with Crippen LogP contribution in [0.4, 0.5) is 0 Å². The molecule has 0 saturated heterocycles. The van der Waals surface area contributed by atoms with E-state index in [-0.39, 0.29) is 79.5 Å². The number of hydrogen-bond donors (Lipinski definition) is 2. The second-order valence-electron chi connectivity index (χ2n) is 6.64. The van der Waals surface area contributed by atoms with Gasteiger partial charge in [-0.2, -0.15) is 0 Å². The quantitative estimate of drug-likeness (QED) is 0.292. The molecule has 0 aromatic carbocycles. The van der Waals surface area contributed by atoms with E-state index in [2.05, 4.69) is 6.92 Å². The minimum absolute atomic E-state index is 0. The summed E-state index contributed by atoms with van der Waals surface area (Å²) in [6, 6.07) is 0. The first-order valence-electron chi connectivity index (χ1n) is 7.67. The van der Waals surface area contributed by atoms with Crippen molar-refractivity contribution in [1.82, 2.24) is 0 Å². The van der Waals surface area contributed by atoms with Gasteiger partial charge in [0.2, 0.25) is 0 Å². The molecule has 122 valence electrons. The molecule has 0 atom stereocenters. The van der Waals surface area contributed by atoms with Crippen molar-refractivity contribution in [3.63, 3.8) is 0 Å². The van der Waals surface area contributed by atoms with Crippen LogP contribution in [0.25, 0.3) is 0 Å². The normalized spacial score (nSPS) is 11.3. The van der Waals surface area contributed by atoms with Crippen molar-refractivity contribution >= 4 is 11.9 Å². The van der Waals surface area contributed by atoms with Gasteiger partial charge in [0.25, 0.3) is 0 Å². The molecule has 6 heteroatoms. The smallest absolute Gasteiger partial charge is 1.00 e. The molecule has 0 rings (SSSR count). The molecule has 2 N–H and O–H groups in total. The Kier molecular flexibility index (Phi) is 17.1. The van der Waals surface area contributed by atoms with Gasteiger partial charge in [0, 0.05) is 0 Å². The molecule has 0 radical (unpaired) electrons. The zero-order valence-electron chi connectivity index (χ0n) is 17.4. The van der Waals surface area contributed by atoms with E-state index >= 15 is 0 Å². The van der Waals surface area contributed by atoms with Gasteiger partial charge in [-0.1, -0.05) is 72.6 Å². The summed E-state index contributed by atoms with van der Waals surface area (Å²) in [5, 5.41) is 18.8. The molecule has 0 aliphatic carbocycles. The maximum atomic E-state index is 11.5. The standard InChI is InChI=1S/C16H30O4.K.Li.2H/c1-5-6-7-8-9-10-11-12-16(13(17)18,14(19)20)15(2,3)4;;;;/h5-12H2,1-4H3,(H,17,18)(H,19,20);;;;/q;2*+1;2*-1. The maximum Gasteiger partial charge on any atom is 1.00 e. The molecule has 0 aliphatic heterocycles. The van der Waals surface area contributed by atoms with E-state index in [0.29, 0.717) is 6.42 Å². The van der Waals surface area contributed by atoms with Crippen LogP contribution in [-0.4, -0.2) is 22.2 Å². The van der Waals surface area contributed by atoms with Crippen LogP contribution in [0.15, 0.2) is 0 Å². The molecular weight excluding hydrogens is 302 g/mol. The minimum Gasteiger partial charge on any atom is -1.00 e. The van der Waals surface area contributed by atoms with Crippen molar-refractivity contribution in [2.24, 2.45) is 10.8 Å². The summed E-state index contributed by atoms with van der Waals surface area (Å²) in [4.78, 5) is 23.1. The second kappa shape index (κ2) is 13.5. The molecule has 0 aromatic rings. The van der Waals surface area contributed by atoms with Crippen molar-refractivity contribution < 1.29 is 92.9 Å². The maximum absolute atomic E-state index is 11.5. The summed E-state index contributed by atoms with van der Waals surface area (Å²) in [5.74, 6) is -2.44. The van der Waals surface area contributed by atoms with E-state index in [0.717, 1.165) is 19.3 Å². The fourth-order valence-electron chi connectivity index (χ4n) is 2.67. The van der Waals surface area contributed by atoms with Crippen LogP contribution < -0.4 is 70.2 Å². The largest absolute Gasteiger partial charge is 1.00 e. The summed E-state index contributed by atoms with van der Waals surface area (Å²) >= 11 is 0. The Morgan fingerprint density at radius 1 is 0.864 bits per heavy atom. The average molecular weight is 334 g/mol.